The van der Waals surface area contributed by atoms with Crippen LogP contribution < -0.4 is 10.2 Å². The van der Waals surface area contributed by atoms with Crippen LogP contribution >= 0.6 is 11.5 Å². The molecule has 0 atom stereocenters. The van der Waals surface area contributed by atoms with Gasteiger partial charge in [0.2, 0.25) is 0 Å². The summed E-state index contributed by atoms with van der Waals surface area (Å²) < 4.78 is 9.45. The highest BCUT2D eigenvalue weighted by molar-refractivity contribution is 7.07. The zero-order valence-corrected chi connectivity index (χ0v) is 14.4. The van der Waals surface area contributed by atoms with E-state index >= 15 is 0 Å². The highest BCUT2D eigenvalue weighted by atomic mass is 32.1. The van der Waals surface area contributed by atoms with E-state index in [0.29, 0.717) is 17.2 Å². The lowest BCUT2D eigenvalue weighted by atomic mass is 10.2. The SMILES string of the molecule is Cc1nnsc1C(=O)N/N=C\c1ccc(OCc2ccccc2)cc1. The van der Waals surface area contributed by atoms with Crippen molar-refractivity contribution in [2.45, 2.75) is 13.5 Å². The molecule has 0 aliphatic heterocycles. The zero-order valence-electron chi connectivity index (χ0n) is 13.5. The smallest absolute Gasteiger partial charge is 0.285 e. The molecule has 3 rings (SSSR count). The van der Waals surface area contributed by atoms with Gasteiger partial charge in [-0.25, -0.2) is 5.43 Å². The highest BCUT2D eigenvalue weighted by Gasteiger charge is 2.11. The average Bonchev–Trinajstić information content (AvgIpc) is 3.08. The van der Waals surface area contributed by atoms with Crippen LogP contribution in [0.15, 0.2) is 59.7 Å². The summed E-state index contributed by atoms with van der Waals surface area (Å²) in [7, 11) is 0. The van der Waals surface area contributed by atoms with Gasteiger partial charge in [-0.2, -0.15) is 5.10 Å². The van der Waals surface area contributed by atoms with Crippen LogP contribution in [0.2, 0.25) is 0 Å². The molecule has 1 amide bonds. The Kier molecular flexibility index (Phi) is 5.48. The summed E-state index contributed by atoms with van der Waals surface area (Å²) in [6.07, 6.45) is 1.57. The van der Waals surface area contributed by atoms with Crippen LogP contribution in [0.4, 0.5) is 0 Å². The molecule has 2 aromatic carbocycles. The number of ether oxygens (including phenoxy) is 1. The number of carbonyl (C=O) groups excluding carboxylic acids is 1. The Bertz CT molecular complexity index is 860. The van der Waals surface area contributed by atoms with Crippen molar-refractivity contribution in [3.8, 4) is 5.75 Å². The monoisotopic (exact) mass is 352 g/mol. The molecule has 0 aliphatic carbocycles. The van der Waals surface area contributed by atoms with Gasteiger partial charge in [-0.05, 0) is 53.8 Å². The molecule has 0 spiro atoms. The molecule has 0 saturated carbocycles. The van der Waals surface area contributed by atoms with Crippen LogP contribution in [0.5, 0.6) is 5.75 Å². The van der Waals surface area contributed by atoms with E-state index in [1.165, 1.54) is 0 Å². The molecule has 0 fully saturated rings. The number of carbonyl (C=O) groups is 1. The standard InChI is InChI=1S/C18H16N4O2S/c1-13-17(25-22-20-13)18(23)21-19-11-14-7-9-16(10-8-14)24-12-15-5-3-2-4-6-15/h2-11H,12H2,1H3,(H,21,23)/b19-11-. The van der Waals surface area contributed by atoms with E-state index < -0.39 is 0 Å². The lowest BCUT2D eigenvalue weighted by Gasteiger charge is -2.06. The van der Waals surface area contributed by atoms with E-state index in [9.17, 15) is 4.79 Å². The number of hydrogen-bond acceptors (Lipinski definition) is 6. The molecule has 7 heteroatoms. The average molecular weight is 352 g/mol. The topological polar surface area (TPSA) is 76.5 Å². The lowest BCUT2D eigenvalue weighted by Crippen LogP contribution is -2.17. The van der Waals surface area contributed by atoms with Crippen molar-refractivity contribution >= 4 is 23.7 Å². The second kappa shape index (κ2) is 8.16. The molecule has 1 N–H and O–H groups in total. The molecule has 1 heterocycles. The molecule has 0 aliphatic rings. The predicted octanol–water partition coefficient (Wildman–Crippen LogP) is 3.19. The van der Waals surface area contributed by atoms with Crippen LogP contribution in [0.3, 0.4) is 0 Å². The number of nitrogens with one attached hydrogen (secondary N) is 1. The quantitative estimate of drug-likeness (QED) is 0.546. The summed E-state index contributed by atoms with van der Waals surface area (Å²) in [5.74, 6) is 0.461. The number of nitrogens with zero attached hydrogens (tertiary/aromatic N) is 3. The number of rotatable bonds is 6. The third kappa shape index (κ3) is 4.71. The first-order valence-electron chi connectivity index (χ1n) is 7.61. The van der Waals surface area contributed by atoms with Gasteiger partial charge in [0.05, 0.1) is 11.9 Å². The van der Waals surface area contributed by atoms with Crippen LogP contribution in [0.25, 0.3) is 0 Å². The molecule has 0 radical (unpaired) electrons. The summed E-state index contributed by atoms with van der Waals surface area (Å²) in [5, 5.41) is 7.74. The summed E-state index contributed by atoms with van der Waals surface area (Å²) in [5.41, 5.74) is 5.03. The Balaban J connectivity index is 1.52. The lowest BCUT2D eigenvalue weighted by molar-refractivity contribution is 0.0958. The molecule has 126 valence electrons. The van der Waals surface area contributed by atoms with E-state index in [-0.39, 0.29) is 5.91 Å². The number of amides is 1. The number of aryl methyl sites for hydroxylation is 1. The number of hydrazone groups is 1. The minimum absolute atomic E-state index is 0.313. The minimum Gasteiger partial charge on any atom is -0.489 e. The van der Waals surface area contributed by atoms with Crippen molar-refractivity contribution in [3.05, 3.63) is 76.3 Å². The number of aromatic nitrogens is 2. The summed E-state index contributed by atoms with van der Waals surface area (Å²) in [6, 6.07) is 17.4. The fraction of sp³-hybridized carbons (Fsp3) is 0.111. The molecule has 25 heavy (non-hydrogen) atoms. The summed E-state index contributed by atoms with van der Waals surface area (Å²) in [4.78, 5) is 12.3. The van der Waals surface area contributed by atoms with Gasteiger partial charge in [0.15, 0.2) is 0 Å². The minimum atomic E-state index is -0.313. The molecule has 0 bridgehead atoms. The van der Waals surface area contributed by atoms with E-state index in [2.05, 4.69) is 20.1 Å². The molecule has 0 unspecified atom stereocenters. The Labute approximate surface area is 149 Å². The molecule has 3 aromatic rings. The van der Waals surface area contributed by atoms with Gasteiger partial charge >= 0.3 is 0 Å². The van der Waals surface area contributed by atoms with Crippen LogP contribution in [0, 0.1) is 6.92 Å². The number of hydrogen-bond donors (Lipinski definition) is 1. The zero-order chi connectivity index (χ0) is 17.5. The van der Waals surface area contributed by atoms with Crippen molar-refractivity contribution in [3.63, 3.8) is 0 Å². The highest BCUT2D eigenvalue weighted by Crippen LogP contribution is 2.13. The Morgan fingerprint density at radius 3 is 2.64 bits per heavy atom. The predicted molar refractivity (Wildman–Crippen MR) is 96.9 cm³/mol. The first-order chi connectivity index (χ1) is 12.2. The van der Waals surface area contributed by atoms with Gasteiger partial charge in [0.25, 0.3) is 5.91 Å². The largest absolute Gasteiger partial charge is 0.489 e. The molecule has 0 saturated heterocycles. The van der Waals surface area contributed by atoms with Gasteiger partial charge in [-0.3, -0.25) is 4.79 Å². The molecular formula is C18H16N4O2S. The van der Waals surface area contributed by atoms with Crippen molar-refractivity contribution in [1.82, 2.24) is 15.0 Å². The first-order valence-corrected chi connectivity index (χ1v) is 8.39. The Hall–Kier alpha value is -3.06. The van der Waals surface area contributed by atoms with Crippen molar-refractivity contribution in [2.24, 2.45) is 5.10 Å². The van der Waals surface area contributed by atoms with Gasteiger partial charge < -0.3 is 4.74 Å². The fourth-order valence-corrected chi connectivity index (χ4v) is 2.59. The second-order valence-electron chi connectivity index (χ2n) is 5.23. The Morgan fingerprint density at radius 2 is 1.96 bits per heavy atom. The molecule has 1 aromatic heterocycles. The normalized spacial score (nSPS) is 10.8. The van der Waals surface area contributed by atoms with Crippen LogP contribution in [-0.4, -0.2) is 21.7 Å². The van der Waals surface area contributed by atoms with Gasteiger partial charge in [-0.15, -0.1) is 5.10 Å². The Morgan fingerprint density at radius 1 is 1.20 bits per heavy atom. The maximum atomic E-state index is 11.9. The van der Waals surface area contributed by atoms with Crippen molar-refractivity contribution < 1.29 is 9.53 Å². The van der Waals surface area contributed by atoms with Crippen LogP contribution in [0.1, 0.15) is 26.5 Å². The van der Waals surface area contributed by atoms with E-state index in [1.54, 1.807) is 13.1 Å². The first kappa shape index (κ1) is 16.8. The molecule has 6 nitrogen and oxygen atoms in total. The van der Waals surface area contributed by atoms with E-state index in [0.717, 1.165) is 28.4 Å². The van der Waals surface area contributed by atoms with E-state index in [1.807, 2.05) is 54.6 Å². The molecular weight excluding hydrogens is 336 g/mol. The van der Waals surface area contributed by atoms with Crippen molar-refractivity contribution in [2.75, 3.05) is 0 Å². The van der Waals surface area contributed by atoms with Gasteiger partial charge in [-0.1, -0.05) is 34.8 Å². The third-order valence-electron chi connectivity index (χ3n) is 3.37. The third-order valence-corrected chi connectivity index (χ3v) is 4.19. The van der Waals surface area contributed by atoms with E-state index in [4.69, 9.17) is 4.74 Å². The van der Waals surface area contributed by atoms with Gasteiger partial charge in [0, 0.05) is 0 Å². The van der Waals surface area contributed by atoms with Crippen LogP contribution in [-0.2, 0) is 6.61 Å². The summed E-state index contributed by atoms with van der Waals surface area (Å²) in [6.45, 7) is 2.25. The second-order valence-corrected chi connectivity index (χ2v) is 5.98. The maximum Gasteiger partial charge on any atom is 0.285 e. The fourth-order valence-electron chi connectivity index (χ4n) is 2.05. The summed E-state index contributed by atoms with van der Waals surface area (Å²) >= 11 is 1.05. The van der Waals surface area contributed by atoms with Crippen molar-refractivity contribution in [1.29, 1.82) is 0 Å². The number of benzene rings is 2. The maximum absolute atomic E-state index is 11.9. The van der Waals surface area contributed by atoms with Gasteiger partial charge in [0.1, 0.15) is 17.2 Å².